The summed E-state index contributed by atoms with van der Waals surface area (Å²) in [5.74, 6) is 1.67. The molecular weight excluding hydrogens is 310 g/mol. The molecule has 2 aromatic rings. The van der Waals surface area contributed by atoms with Crippen LogP contribution in [-0.2, 0) is 0 Å². The van der Waals surface area contributed by atoms with Crippen LogP contribution in [0, 0.1) is 5.92 Å². The second-order valence-corrected chi connectivity index (χ2v) is 7.27. The van der Waals surface area contributed by atoms with Crippen LogP contribution >= 0.6 is 0 Å². The zero-order chi connectivity index (χ0) is 17.1. The van der Waals surface area contributed by atoms with Crippen LogP contribution in [0.15, 0.2) is 48.0 Å². The van der Waals surface area contributed by atoms with Gasteiger partial charge in [-0.2, -0.15) is 0 Å². The van der Waals surface area contributed by atoms with Gasteiger partial charge in [0, 0.05) is 30.0 Å². The summed E-state index contributed by atoms with van der Waals surface area (Å²) in [6.45, 7) is 4.30. The van der Waals surface area contributed by atoms with Crippen LogP contribution in [-0.4, -0.2) is 34.5 Å². The number of rotatable bonds is 5. The maximum atomic E-state index is 4.79. The van der Waals surface area contributed by atoms with Crippen molar-refractivity contribution in [2.75, 3.05) is 13.1 Å². The van der Waals surface area contributed by atoms with E-state index < -0.39 is 0 Å². The molecule has 5 nitrogen and oxygen atoms in total. The summed E-state index contributed by atoms with van der Waals surface area (Å²) < 4.78 is 2.02. The molecule has 2 N–H and O–H groups in total. The molecule has 25 heavy (non-hydrogen) atoms. The highest BCUT2D eigenvalue weighted by atomic mass is 15.1. The molecule has 0 radical (unpaired) electrons. The molecule has 2 aliphatic heterocycles. The summed E-state index contributed by atoms with van der Waals surface area (Å²) in [5.41, 5.74) is 2.43. The fourth-order valence-electron chi connectivity index (χ4n) is 3.90. The Kier molecular flexibility index (Phi) is 4.83. The van der Waals surface area contributed by atoms with Gasteiger partial charge in [-0.1, -0.05) is 25.5 Å². The highest BCUT2D eigenvalue weighted by Gasteiger charge is 2.25. The van der Waals surface area contributed by atoms with Gasteiger partial charge in [-0.3, -0.25) is 4.99 Å². The van der Waals surface area contributed by atoms with Gasteiger partial charge in [0.05, 0.1) is 24.7 Å². The number of piperidine rings is 1. The maximum Gasteiger partial charge on any atom is 0.0998 e. The van der Waals surface area contributed by atoms with Gasteiger partial charge >= 0.3 is 0 Å². The summed E-state index contributed by atoms with van der Waals surface area (Å²) >= 11 is 0. The van der Waals surface area contributed by atoms with Crippen molar-refractivity contribution in [1.29, 1.82) is 0 Å². The lowest BCUT2D eigenvalue weighted by Crippen LogP contribution is -2.38. The Morgan fingerprint density at radius 3 is 2.84 bits per heavy atom. The first-order valence-corrected chi connectivity index (χ1v) is 9.42. The number of hydrogen-bond acceptors (Lipinski definition) is 4. The van der Waals surface area contributed by atoms with Crippen LogP contribution < -0.4 is 10.6 Å². The fraction of sp³-hybridized carbons (Fsp3) is 0.500. The Morgan fingerprint density at radius 1 is 1.24 bits per heavy atom. The average Bonchev–Trinajstić information content (AvgIpc) is 3.35. The molecule has 2 unspecified atom stereocenters. The van der Waals surface area contributed by atoms with Crippen molar-refractivity contribution in [3.05, 3.63) is 48.5 Å². The van der Waals surface area contributed by atoms with Crippen molar-refractivity contribution in [1.82, 2.24) is 20.2 Å². The normalized spacial score (nSPS) is 24.6. The van der Waals surface area contributed by atoms with Crippen molar-refractivity contribution in [3.63, 3.8) is 0 Å². The van der Waals surface area contributed by atoms with Gasteiger partial charge in [-0.15, -0.1) is 0 Å². The van der Waals surface area contributed by atoms with E-state index in [1.54, 1.807) is 6.20 Å². The first-order valence-electron chi connectivity index (χ1n) is 9.42. The Hall–Kier alpha value is -2.14. The lowest BCUT2D eigenvalue weighted by atomic mass is 9.94. The number of nitrogens with zero attached hydrogens (tertiary/aromatic N) is 3. The number of aliphatic imine (C=N–C) groups is 1. The molecule has 3 atom stereocenters. The van der Waals surface area contributed by atoms with E-state index in [1.807, 2.05) is 17.1 Å². The van der Waals surface area contributed by atoms with Gasteiger partial charge in [0.15, 0.2) is 0 Å². The Balaban J connectivity index is 1.34. The van der Waals surface area contributed by atoms with Crippen LogP contribution in [0.3, 0.4) is 0 Å². The fourth-order valence-corrected chi connectivity index (χ4v) is 3.90. The SMILES string of the molecule is C[C@@H](CC1CCCCN1)C1=NCC(c2ccc(-n3ccnc3)cc2)N1. The highest BCUT2D eigenvalue weighted by Crippen LogP contribution is 2.23. The lowest BCUT2D eigenvalue weighted by Gasteiger charge is -2.26. The quantitative estimate of drug-likeness (QED) is 0.881. The summed E-state index contributed by atoms with van der Waals surface area (Å²) in [6.07, 6.45) is 10.7. The Labute approximate surface area is 149 Å². The number of benzene rings is 1. The molecule has 1 aromatic heterocycles. The molecule has 3 heterocycles. The summed E-state index contributed by atoms with van der Waals surface area (Å²) in [6, 6.07) is 9.63. The van der Waals surface area contributed by atoms with E-state index in [1.165, 1.54) is 43.6 Å². The van der Waals surface area contributed by atoms with E-state index in [0.29, 0.717) is 18.0 Å². The third-order valence-corrected chi connectivity index (χ3v) is 5.38. The molecule has 0 bridgehead atoms. The molecule has 4 rings (SSSR count). The van der Waals surface area contributed by atoms with E-state index in [-0.39, 0.29) is 0 Å². The van der Waals surface area contributed by atoms with E-state index in [4.69, 9.17) is 4.99 Å². The number of imidazole rings is 1. The minimum atomic E-state index is 0.300. The lowest BCUT2D eigenvalue weighted by molar-refractivity contribution is 0.363. The van der Waals surface area contributed by atoms with Crippen LogP contribution in [0.5, 0.6) is 0 Å². The number of amidine groups is 1. The standard InChI is InChI=1S/C20H27N5/c1-15(12-17-4-2-3-9-22-17)20-23-13-19(24-20)16-5-7-18(8-6-16)25-11-10-21-14-25/h5-8,10-11,14-15,17,19,22H,2-4,9,12-13H2,1H3,(H,23,24)/t15-,17?,19?/m0/s1. The molecule has 0 spiro atoms. The predicted octanol–water partition coefficient (Wildman–Crippen LogP) is 3.08. The minimum absolute atomic E-state index is 0.300. The third kappa shape index (κ3) is 3.76. The van der Waals surface area contributed by atoms with Gasteiger partial charge in [-0.05, 0) is 43.5 Å². The van der Waals surface area contributed by atoms with E-state index in [0.717, 1.165) is 12.2 Å². The summed E-state index contributed by atoms with van der Waals surface area (Å²) in [5, 5.41) is 7.30. The summed E-state index contributed by atoms with van der Waals surface area (Å²) in [7, 11) is 0. The molecule has 1 saturated heterocycles. The monoisotopic (exact) mass is 337 g/mol. The molecule has 0 saturated carbocycles. The topological polar surface area (TPSA) is 54.2 Å². The van der Waals surface area contributed by atoms with Crippen molar-refractivity contribution >= 4 is 5.84 Å². The second kappa shape index (κ2) is 7.40. The number of nitrogens with one attached hydrogen (secondary N) is 2. The van der Waals surface area contributed by atoms with Crippen LogP contribution in [0.4, 0.5) is 0 Å². The molecule has 2 aliphatic rings. The van der Waals surface area contributed by atoms with Gasteiger partial charge in [0.2, 0.25) is 0 Å². The Bertz CT molecular complexity index is 698. The maximum absolute atomic E-state index is 4.79. The molecule has 132 valence electrons. The van der Waals surface area contributed by atoms with Gasteiger partial charge in [-0.25, -0.2) is 4.98 Å². The second-order valence-electron chi connectivity index (χ2n) is 7.27. The summed E-state index contributed by atoms with van der Waals surface area (Å²) in [4.78, 5) is 8.90. The van der Waals surface area contributed by atoms with Crippen LogP contribution in [0.2, 0.25) is 0 Å². The molecule has 1 aromatic carbocycles. The molecule has 0 aliphatic carbocycles. The van der Waals surface area contributed by atoms with Gasteiger partial charge in [0.25, 0.3) is 0 Å². The van der Waals surface area contributed by atoms with Crippen molar-refractivity contribution in [3.8, 4) is 5.69 Å². The molecule has 5 heteroatoms. The first-order chi connectivity index (χ1) is 12.3. The van der Waals surface area contributed by atoms with Crippen molar-refractivity contribution in [2.24, 2.45) is 10.9 Å². The highest BCUT2D eigenvalue weighted by molar-refractivity contribution is 5.86. The molecular formula is C20H27N5. The van der Waals surface area contributed by atoms with Gasteiger partial charge in [0.1, 0.15) is 0 Å². The zero-order valence-corrected chi connectivity index (χ0v) is 14.9. The first kappa shape index (κ1) is 16.3. The minimum Gasteiger partial charge on any atom is -0.365 e. The zero-order valence-electron chi connectivity index (χ0n) is 14.9. The number of hydrogen-bond donors (Lipinski definition) is 2. The number of aromatic nitrogens is 2. The van der Waals surface area contributed by atoms with E-state index in [9.17, 15) is 0 Å². The van der Waals surface area contributed by atoms with E-state index >= 15 is 0 Å². The largest absolute Gasteiger partial charge is 0.365 e. The van der Waals surface area contributed by atoms with Crippen LogP contribution in [0.1, 0.15) is 44.2 Å². The molecule has 0 amide bonds. The van der Waals surface area contributed by atoms with E-state index in [2.05, 4.69) is 46.8 Å². The predicted molar refractivity (Wildman–Crippen MR) is 101 cm³/mol. The van der Waals surface area contributed by atoms with Crippen molar-refractivity contribution in [2.45, 2.75) is 44.7 Å². The molecule has 1 fully saturated rings. The van der Waals surface area contributed by atoms with Crippen LogP contribution in [0.25, 0.3) is 5.69 Å². The smallest absolute Gasteiger partial charge is 0.0998 e. The van der Waals surface area contributed by atoms with Crippen molar-refractivity contribution < 1.29 is 0 Å². The van der Waals surface area contributed by atoms with Gasteiger partial charge < -0.3 is 15.2 Å². The third-order valence-electron chi connectivity index (χ3n) is 5.38. The Morgan fingerprint density at radius 2 is 2.12 bits per heavy atom. The average molecular weight is 337 g/mol.